The van der Waals surface area contributed by atoms with Crippen molar-refractivity contribution in [1.29, 1.82) is 0 Å². The van der Waals surface area contributed by atoms with Gasteiger partial charge in [-0.05, 0) is 173 Å². The van der Waals surface area contributed by atoms with Crippen molar-refractivity contribution in [3.8, 4) is 112 Å². The number of fused-ring (bicyclic) bond motifs is 6. The summed E-state index contributed by atoms with van der Waals surface area (Å²) in [5, 5.41) is 4.64. The molecule has 0 aliphatic heterocycles. The van der Waals surface area contributed by atoms with Crippen LogP contribution < -0.4 is 0 Å². The molecule has 16 aromatic rings. The number of rotatable bonds is 11. The van der Waals surface area contributed by atoms with Crippen molar-refractivity contribution in [2.45, 2.75) is 55.4 Å². The largest absolute Gasteiger partial charge is 0.309 e. The molecule has 6 nitrogen and oxygen atoms in total. The van der Waals surface area contributed by atoms with Crippen LogP contribution in [0.3, 0.4) is 0 Å². The second-order valence-corrected chi connectivity index (χ2v) is 25.8. The first-order valence-corrected chi connectivity index (χ1v) is 32.4. The van der Waals surface area contributed by atoms with Gasteiger partial charge in [0.1, 0.15) is 0 Å². The van der Waals surface area contributed by atoms with E-state index < -0.39 is 0 Å². The SMILES string of the molecule is Cc1cc(C)cc(-c2ccc3c(c2)c2cc(-c4cc(C)cc(C)c4)ccc2n3-c2cc(-c3ccccn3)ccc2-c2ccc(-c3nc(-c4ccccc4)nc(-c4ccccc4)n3)cc2-n2c3ccc(-c4cc(C)cc(C)c4)cc3c3cc(-c4cc(C)cc(C)c4)ccc32)c1. The van der Waals surface area contributed by atoms with E-state index in [1.54, 1.807) is 0 Å². The van der Waals surface area contributed by atoms with Gasteiger partial charge in [-0.15, -0.1) is 0 Å². The molecule has 0 unspecified atom stereocenters. The third kappa shape index (κ3) is 10.6. The summed E-state index contributed by atoms with van der Waals surface area (Å²) in [6, 6.07) is 96.0. The van der Waals surface area contributed by atoms with Gasteiger partial charge in [0.05, 0.1) is 39.1 Å². The van der Waals surface area contributed by atoms with Crippen molar-refractivity contribution in [3.63, 3.8) is 0 Å². The summed E-state index contributed by atoms with van der Waals surface area (Å²) >= 11 is 0. The highest BCUT2D eigenvalue weighted by atomic mass is 15.0. The minimum Gasteiger partial charge on any atom is -0.309 e. The minimum atomic E-state index is 0.572. The highest BCUT2D eigenvalue weighted by molar-refractivity contribution is 6.14. The van der Waals surface area contributed by atoms with Crippen LogP contribution in [0.25, 0.3) is 156 Å². The molecule has 0 bridgehead atoms. The molecule has 0 saturated heterocycles. The fourth-order valence-corrected chi connectivity index (χ4v) is 14.5. The van der Waals surface area contributed by atoms with Gasteiger partial charge in [-0.3, -0.25) is 4.98 Å². The maximum absolute atomic E-state index is 5.37. The molecule has 0 spiro atoms. The molecule has 94 heavy (non-hydrogen) atoms. The van der Waals surface area contributed by atoms with E-state index in [0.29, 0.717) is 17.5 Å². The standard InChI is InChI=1S/C88H68N6/c1-53-35-54(2)40-69(39-53)63-24-30-80-75(47-63)76-48-64(70-41-55(3)36-56(4)42-70)25-31-81(76)93(80)84-51-67(79-21-15-16-34-89-79)22-28-73(84)74-29-23-68(88-91-86(61-17-11-9-12-18-61)90-87(92-88)62-19-13-10-14-20-62)52-85(74)94-82-32-26-65(71-43-57(5)37-58(6)44-71)49-77(82)78-50-66(27-33-83(78)94)72-45-59(7)38-60(8)46-72/h9-52H,1-8H3. The molecule has 16 rings (SSSR count). The molecule has 0 fully saturated rings. The second-order valence-electron chi connectivity index (χ2n) is 25.8. The van der Waals surface area contributed by atoms with Crippen LogP contribution in [-0.4, -0.2) is 29.1 Å². The molecular formula is C88H68N6. The van der Waals surface area contributed by atoms with Crippen LogP contribution in [0.4, 0.5) is 0 Å². The number of nitrogens with zero attached hydrogens (tertiary/aromatic N) is 6. The maximum atomic E-state index is 5.37. The van der Waals surface area contributed by atoms with E-state index in [4.69, 9.17) is 19.9 Å². The number of benzene rings is 12. The second kappa shape index (κ2) is 23.3. The van der Waals surface area contributed by atoms with Crippen molar-refractivity contribution >= 4 is 43.6 Å². The van der Waals surface area contributed by atoms with Gasteiger partial charge in [-0.25, -0.2) is 15.0 Å². The number of hydrogen-bond donors (Lipinski definition) is 0. The third-order valence-corrected chi connectivity index (χ3v) is 18.4. The number of aromatic nitrogens is 6. The lowest BCUT2D eigenvalue weighted by atomic mass is 9.96. The zero-order chi connectivity index (χ0) is 63.9. The van der Waals surface area contributed by atoms with Gasteiger partial charge in [0.15, 0.2) is 17.5 Å². The summed E-state index contributed by atoms with van der Waals surface area (Å²) in [4.78, 5) is 20.9. The van der Waals surface area contributed by atoms with Crippen LogP contribution in [0.15, 0.2) is 267 Å². The summed E-state index contributed by atoms with van der Waals surface area (Å²) in [6.07, 6.45) is 1.89. The molecule has 450 valence electrons. The minimum absolute atomic E-state index is 0.572. The van der Waals surface area contributed by atoms with Gasteiger partial charge in [0, 0.05) is 61.1 Å². The Hall–Kier alpha value is -11.6. The molecule has 4 aromatic heterocycles. The quantitative estimate of drug-likeness (QED) is 0.129. The normalized spacial score (nSPS) is 11.6. The molecule has 0 atom stereocenters. The zero-order valence-corrected chi connectivity index (χ0v) is 54.1. The molecule has 0 aliphatic rings. The first-order chi connectivity index (χ1) is 45.8. The lowest BCUT2D eigenvalue weighted by Gasteiger charge is -2.21. The Balaban J connectivity index is 1.02. The van der Waals surface area contributed by atoms with Gasteiger partial charge in [-0.2, -0.15) is 0 Å². The smallest absolute Gasteiger partial charge is 0.164 e. The molecule has 12 aromatic carbocycles. The number of pyridine rings is 1. The van der Waals surface area contributed by atoms with Crippen LogP contribution in [0.2, 0.25) is 0 Å². The van der Waals surface area contributed by atoms with E-state index >= 15 is 0 Å². The molecular weight excluding hydrogens is 1140 g/mol. The van der Waals surface area contributed by atoms with E-state index in [-0.39, 0.29) is 0 Å². The predicted octanol–water partition coefficient (Wildman–Crippen LogP) is 22.9. The van der Waals surface area contributed by atoms with Gasteiger partial charge in [0.25, 0.3) is 0 Å². The summed E-state index contributed by atoms with van der Waals surface area (Å²) in [6.45, 7) is 17.5. The Labute approximate surface area is 548 Å². The topological polar surface area (TPSA) is 61.4 Å². The van der Waals surface area contributed by atoms with Gasteiger partial charge in [-0.1, -0.05) is 233 Å². The molecule has 6 heteroatoms. The lowest BCUT2D eigenvalue weighted by Crippen LogP contribution is -2.04. The number of hydrogen-bond acceptors (Lipinski definition) is 4. The summed E-state index contributed by atoms with van der Waals surface area (Å²) in [5.74, 6) is 1.78. The van der Waals surface area contributed by atoms with Crippen LogP contribution in [0, 0.1) is 55.4 Å². The van der Waals surface area contributed by atoms with Crippen molar-refractivity contribution in [2.24, 2.45) is 0 Å². The Bertz CT molecular complexity index is 5340. The highest BCUT2D eigenvalue weighted by Crippen LogP contribution is 2.46. The van der Waals surface area contributed by atoms with Crippen LogP contribution >= 0.6 is 0 Å². The Morgan fingerprint density at radius 3 is 0.851 bits per heavy atom. The van der Waals surface area contributed by atoms with Crippen molar-refractivity contribution in [2.75, 3.05) is 0 Å². The van der Waals surface area contributed by atoms with Crippen molar-refractivity contribution in [3.05, 3.63) is 312 Å². The summed E-state index contributed by atoms with van der Waals surface area (Å²) in [5.41, 5.74) is 32.3. The van der Waals surface area contributed by atoms with E-state index in [1.807, 2.05) is 48.7 Å². The maximum Gasteiger partial charge on any atom is 0.164 e. The average molecular weight is 1210 g/mol. The first-order valence-electron chi connectivity index (χ1n) is 32.4. The van der Waals surface area contributed by atoms with E-state index in [2.05, 4.69) is 283 Å². The van der Waals surface area contributed by atoms with Crippen LogP contribution in [-0.2, 0) is 0 Å². The molecule has 0 aliphatic carbocycles. The van der Waals surface area contributed by atoms with E-state index in [9.17, 15) is 0 Å². The predicted molar refractivity (Wildman–Crippen MR) is 393 cm³/mol. The van der Waals surface area contributed by atoms with Crippen molar-refractivity contribution < 1.29 is 0 Å². The summed E-state index contributed by atoms with van der Waals surface area (Å²) < 4.78 is 5.00. The van der Waals surface area contributed by atoms with E-state index in [0.717, 1.165) is 94.4 Å². The molecule has 0 N–H and O–H groups in total. The van der Waals surface area contributed by atoms with Gasteiger partial charge >= 0.3 is 0 Å². The Morgan fingerprint density at radius 2 is 0.521 bits per heavy atom. The van der Waals surface area contributed by atoms with Gasteiger partial charge in [0.2, 0.25) is 0 Å². The highest BCUT2D eigenvalue weighted by Gasteiger charge is 2.25. The fourth-order valence-electron chi connectivity index (χ4n) is 14.5. The average Bonchev–Trinajstić information content (AvgIpc) is 1.56. The Kier molecular flexibility index (Phi) is 14.2. The summed E-state index contributed by atoms with van der Waals surface area (Å²) in [7, 11) is 0. The Morgan fingerprint density at radius 1 is 0.223 bits per heavy atom. The van der Waals surface area contributed by atoms with Crippen LogP contribution in [0.5, 0.6) is 0 Å². The third-order valence-electron chi connectivity index (χ3n) is 18.4. The molecule has 4 heterocycles. The molecule has 0 radical (unpaired) electrons. The monoisotopic (exact) mass is 1210 g/mol. The first kappa shape index (κ1) is 57.6. The van der Waals surface area contributed by atoms with E-state index in [1.165, 1.54) is 88.7 Å². The van der Waals surface area contributed by atoms with Crippen LogP contribution in [0.1, 0.15) is 44.5 Å². The molecule has 0 saturated carbocycles. The zero-order valence-electron chi connectivity index (χ0n) is 54.1. The van der Waals surface area contributed by atoms with Crippen molar-refractivity contribution in [1.82, 2.24) is 29.1 Å². The number of aryl methyl sites for hydroxylation is 8. The fraction of sp³-hybridized carbons (Fsp3) is 0.0909. The van der Waals surface area contributed by atoms with Gasteiger partial charge < -0.3 is 9.13 Å². The lowest BCUT2D eigenvalue weighted by molar-refractivity contribution is 1.07. The molecule has 0 amide bonds.